The maximum absolute atomic E-state index is 12.1. The minimum Gasteiger partial charge on any atom is -0.468 e. The SMILES string of the molecule is CCN(CC)[C@@H](CNC(=O)C[C@@H]1CCS(=O)(=O)C1)c1ccco1. The summed E-state index contributed by atoms with van der Waals surface area (Å²) in [5.41, 5.74) is 0. The summed E-state index contributed by atoms with van der Waals surface area (Å²) in [6, 6.07) is 3.76. The van der Waals surface area contributed by atoms with Gasteiger partial charge in [-0.3, -0.25) is 9.69 Å². The van der Waals surface area contributed by atoms with Gasteiger partial charge in [0.1, 0.15) is 5.76 Å². The lowest BCUT2D eigenvalue weighted by Gasteiger charge is -2.28. The van der Waals surface area contributed by atoms with E-state index in [0.717, 1.165) is 18.8 Å². The van der Waals surface area contributed by atoms with Crippen LogP contribution in [0.3, 0.4) is 0 Å². The predicted molar refractivity (Wildman–Crippen MR) is 88.8 cm³/mol. The van der Waals surface area contributed by atoms with E-state index in [1.54, 1.807) is 6.26 Å². The maximum Gasteiger partial charge on any atom is 0.220 e. The Morgan fingerprint density at radius 1 is 1.43 bits per heavy atom. The van der Waals surface area contributed by atoms with E-state index in [4.69, 9.17) is 4.42 Å². The molecule has 1 fully saturated rings. The van der Waals surface area contributed by atoms with Gasteiger partial charge in [0.05, 0.1) is 23.8 Å². The molecule has 1 N–H and O–H groups in total. The van der Waals surface area contributed by atoms with Crippen LogP contribution in [0.4, 0.5) is 0 Å². The van der Waals surface area contributed by atoms with Gasteiger partial charge in [-0.1, -0.05) is 13.8 Å². The van der Waals surface area contributed by atoms with E-state index in [9.17, 15) is 13.2 Å². The van der Waals surface area contributed by atoms with E-state index in [1.807, 2.05) is 12.1 Å². The van der Waals surface area contributed by atoms with Gasteiger partial charge >= 0.3 is 0 Å². The van der Waals surface area contributed by atoms with E-state index in [2.05, 4.69) is 24.1 Å². The molecule has 1 saturated heterocycles. The molecule has 1 aliphatic heterocycles. The number of furan rings is 1. The van der Waals surface area contributed by atoms with Gasteiger partial charge in [-0.05, 0) is 37.6 Å². The van der Waals surface area contributed by atoms with Crippen molar-refractivity contribution in [3.8, 4) is 0 Å². The second kappa shape index (κ2) is 7.97. The molecule has 0 aromatic carbocycles. The predicted octanol–water partition coefficient (Wildman–Crippen LogP) is 1.60. The lowest BCUT2D eigenvalue weighted by Crippen LogP contribution is -2.38. The standard InChI is InChI=1S/C16H26N2O4S/c1-3-18(4-2)14(15-6-5-8-22-15)11-17-16(19)10-13-7-9-23(20,21)12-13/h5-6,8,13-14H,3-4,7,9-12H2,1-2H3,(H,17,19)/t13-,14-/m0/s1. The molecule has 0 aliphatic carbocycles. The third kappa shape index (κ3) is 5.07. The fraction of sp³-hybridized carbons (Fsp3) is 0.688. The highest BCUT2D eigenvalue weighted by molar-refractivity contribution is 7.91. The third-order valence-corrected chi connectivity index (χ3v) is 6.26. The molecule has 1 aliphatic rings. The van der Waals surface area contributed by atoms with E-state index >= 15 is 0 Å². The van der Waals surface area contributed by atoms with Crippen LogP contribution in [0.2, 0.25) is 0 Å². The zero-order valence-corrected chi connectivity index (χ0v) is 14.6. The molecule has 2 atom stereocenters. The number of amides is 1. The molecule has 7 heteroatoms. The second-order valence-electron chi connectivity index (χ2n) is 6.03. The van der Waals surface area contributed by atoms with Crippen molar-refractivity contribution in [2.75, 3.05) is 31.1 Å². The Kier molecular flexibility index (Phi) is 6.24. The normalized spacial score (nSPS) is 21.4. The number of nitrogens with zero attached hydrogens (tertiary/aromatic N) is 1. The summed E-state index contributed by atoms with van der Waals surface area (Å²) in [4.78, 5) is 14.3. The van der Waals surface area contributed by atoms with Gasteiger partial charge in [0, 0.05) is 13.0 Å². The number of carbonyl (C=O) groups excluding carboxylic acids is 1. The first-order chi connectivity index (χ1) is 10.9. The molecule has 0 bridgehead atoms. The van der Waals surface area contributed by atoms with Crippen LogP contribution in [0.1, 0.15) is 38.5 Å². The van der Waals surface area contributed by atoms with Crippen LogP contribution in [-0.2, 0) is 14.6 Å². The summed E-state index contributed by atoms with van der Waals surface area (Å²) in [5, 5.41) is 2.94. The Morgan fingerprint density at radius 3 is 2.70 bits per heavy atom. The number of sulfone groups is 1. The van der Waals surface area contributed by atoms with Crippen LogP contribution in [-0.4, -0.2) is 50.4 Å². The van der Waals surface area contributed by atoms with Crippen LogP contribution >= 0.6 is 0 Å². The molecular formula is C16H26N2O4S. The summed E-state index contributed by atoms with van der Waals surface area (Å²) in [7, 11) is -2.93. The Labute approximate surface area is 138 Å². The zero-order valence-electron chi connectivity index (χ0n) is 13.8. The van der Waals surface area contributed by atoms with Gasteiger partial charge in [-0.2, -0.15) is 0 Å². The number of rotatable bonds is 8. The van der Waals surface area contributed by atoms with Crippen molar-refractivity contribution < 1.29 is 17.6 Å². The van der Waals surface area contributed by atoms with E-state index in [0.29, 0.717) is 13.0 Å². The molecule has 2 heterocycles. The molecule has 130 valence electrons. The minimum absolute atomic E-state index is 0.00346. The van der Waals surface area contributed by atoms with Gasteiger partial charge in [-0.15, -0.1) is 0 Å². The van der Waals surface area contributed by atoms with Crippen molar-refractivity contribution in [3.63, 3.8) is 0 Å². The van der Waals surface area contributed by atoms with Crippen LogP contribution in [0.15, 0.2) is 22.8 Å². The van der Waals surface area contributed by atoms with E-state index in [1.165, 1.54) is 0 Å². The summed E-state index contributed by atoms with van der Waals surface area (Å²) >= 11 is 0. The van der Waals surface area contributed by atoms with E-state index < -0.39 is 9.84 Å². The quantitative estimate of drug-likeness (QED) is 0.776. The molecule has 1 aromatic rings. The highest BCUT2D eigenvalue weighted by Crippen LogP contribution is 2.22. The highest BCUT2D eigenvalue weighted by Gasteiger charge is 2.29. The van der Waals surface area contributed by atoms with Crippen molar-refractivity contribution in [2.24, 2.45) is 5.92 Å². The van der Waals surface area contributed by atoms with Crippen molar-refractivity contribution in [1.29, 1.82) is 0 Å². The molecule has 1 aromatic heterocycles. The Balaban J connectivity index is 1.89. The largest absolute Gasteiger partial charge is 0.468 e. The summed E-state index contributed by atoms with van der Waals surface area (Å²) in [6.07, 6.45) is 2.51. The van der Waals surface area contributed by atoms with Gasteiger partial charge < -0.3 is 9.73 Å². The number of carbonyl (C=O) groups is 1. The summed E-state index contributed by atoms with van der Waals surface area (Å²) < 4.78 is 28.4. The second-order valence-corrected chi connectivity index (χ2v) is 8.26. The monoisotopic (exact) mass is 342 g/mol. The molecule has 0 radical (unpaired) electrons. The lowest BCUT2D eigenvalue weighted by atomic mass is 10.0. The molecule has 1 amide bonds. The number of hydrogen-bond acceptors (Lipinski definition) is 5. The topological polar surface area (TPSA) is 79.6 Å². The lowest BCUT2D eigenvalue weighted by molar-refractivity contribution is -0.122. The van der Waals surface area contributed by atoms with Crippen molar-refractivity contribution in [1.82, 2.24) is 10.2 Å². The van der Waals surface area contributed by atoms with Gasteiger partial charge in [0.15, 0.2) is 9.84 Å². The first-order valence-corrected chi connectivity index (χ1v) is 10.0. The van der Waals surface area contributed by atoms with Gasteiger partial charge in [-0.25, -0.2) is 8.42 Å². The summed E-state index contributed by atoms with van der Waals surface area (Å²) in [6.45, 7) is 6.33. The first-order valence-electron chi connectivity index (χ1n) is 8.19. The molecule has 2 rings (SSSR count). The van der Waals surface area contributed by atoms with Gasteiger partial charge in [0.2, 0.25) is 5.91 Å². The molecule has 0 unspecified atom stereocenters. The average molecular weight is 342 g/mol. The minimum atomic E-state index is -2.93. The molecular weight excluding hydrogens is 316 g/mol. The average Bonchev–Trinajstić information content (AvgIpc) is 3.13. The smallest absolute Gasteiger partial charge is 0.220 e. The fourth-order valence-electron chi connectivity index (χ4n) is 3.13. The Bertz CT molecular complexity index is 594. The summed E-state index contributed by atoms with van der Waals surface area (Å²) in [5.74, 6) is 1.04. The van der Waals surface area contributed by atoms with Crippen molar-refractivity contribution in [3.05, 3.63) is 24.2 Å². The molecule has 6 nitrogen and oxygen atoms in total. The van der Waals surface area contributed by atoms with Crippen LogP contribution in [0, 0.1) is 5.92 Å². The number of hydrogen-bond donors (Lipinski definition) is 1. The van der Waals surface area contributed by atoms with Crippen molar-refractivity contribution >= 4 is 15.7 Å². The Morgan fingerprint density at radius 2 is 2.17 bits per heavy atom. The first kappa shape index (κ1) is 18.0. The highest BCUT2D eigenvalue weighted by atomic mass is 32.2. The molecule has 0 spiro atoms. The van der Waals surface area contributed by atoms with Crippen LogP contribution < -0.4 is 5.32 Å². The Hall–Kier alpha value is -1.34. The third-order valence-electron chi connectivity index (χ3n) is 4.42. The number of likely N-dealkylation sites (N-methyl/N-ethyl adjacent to an activating group) is 1. The van der Waals surface area contributed by atoms with Crippen LogP contribution in [0.5, 0.6) is 0 Å². The maximum atomic E-state index is 12.1. The van der Waals surface area contributed by atoms with Crippen LogP contribution in [0.25, 0.3) is 0 Å². The fourth-order valence-corrected chi connectivity index (χ4v) is 4.99. The molecule has 0 saturated carbocycles. The van der Waals surface area contributed by atoms with Crippen molar-refractivity contribution in [2.45, 2.75) is 32.7 Å². The molecule has 23 heavy (non-hydrogen) atoms. The zero-order chi connectivity index (χ0) is 16.9. The number of nitrogens with one attached hydrogen (secondary N) is 1. The van der Waals surface area contributed by atoms with E-state index in [-0.39, 0.29) is 35.8 Å². The van der Waals surface area contributed by atoms with Gasteiger partial charge in [0.25, 0.3) is 0 Å².